The summed E-state index contributed by atoms with van der Waals surface area (Å²) in [6, 6.07) is 0. The maximum absolute atomic E-state index is 11.1. The molecule has 5 nitrogen and oxygen atoms in total. The first-order chi connectivity index (χ1) is 7.11. The first-order valence-electron chi connectivity index (χ1n) is 5.00. The van der Waals surface area contributed by atoms with Crippen molar-refractivity contribution in [2.24, 2.45) is 0 Å². The Morgan fingerprint density at radius 1 is 1.40 bits per heavy atom. The smallest absolute Gasteiger partial charge is 0.412 e. The number of carbonyl (C=O) groups excluding carboxylic acids is 1. The predicted molar refractivity (Wildman–Crippen MR) is 55.4 cm³/mol. The van der Waals surface area contributed by atoms with E-state index in [1.165, 1.54) is 6.08 Å². The van der Waals surface area contributed by atoms with Crippen LogP contribution in [-0.4, -0.2) is 23.7 Å². The van der Waals surface area contributed by atoms with E-state index in [9.17, 15) is 9.59 Å². The number of allylic oxidation sites excluding steroid dienone is 1. The van der Waals surface area contributed by atoms with E-state index in [1.54, 1.807) is 6.92 Å². The van der Waals surface area contributed by atoms with Crippen LogP contribution in [0.1, 0.15) is 33.1 Å². The number of unbranched alkanes of at least 4 members (excludes halogenated alkanes) is 1. The van der Waals surface area contributed by atoms with Gasteiger partial charge in [-0.25, -0.2) is 9.59 Å². The summed E-state index contributed by atoms with van der Waals surface area (Å²) in [4.78, 5) is 21.7. The number of aliphatic carboxylic acids is 1. The molecule has 15 heavy (non-hydrogen) atoms. The lowest BCUT2D eigenvalue weighted by Crippen LogP contribution is -2.26. The van der Waals surface area contributed by atoms with Gasteiger partial charge in [0.05, 0.1) is 0 Å². The molecule has 0 rings (SSSR count). The quantitative estimate of drug-likeness (QED) is 0.403. The number of rotatable bonds is 6. The van der Waals surface area contributed by atoms with Crippen LogP contribution < -0.4 is 5.32 Å². The van der Waals surface area contributed by atoms with Crippen LogP contribution >= 0.6 is 0 Å². The molecule has 0 aliphatic heterocycles. The zero-order valence-electron chi connectivity index (χ0n) is 9.08. The van der Waals surface area contributed by atoms with Gasteiger partial charge >= 0.3 is 12.1 Å². The van der Waals surface area contributed by atoms with Crippen LogP contribution in [0.5, 0.6) is 0 Å². The summed E-state index contributed by atoms with van der Waals surface area (Å²) in [6.07, 6.45) is 2.93. The molecule has 0 aromatic heterocycles. The van der Waals surface area contributed by atoms with Crippen molar-refractivity contribution >= 4 is 12.1 Å². The zero-order chi connectivity index (χ0) is 11.7. The summed E-state index contributed by atoms with van der Waals surface area (Å²) in [6.45, 7) is 4.25. The molecule has 0 fully saturated rings. The third-order valence-corrected chi connectivity index (χ3v) is 1.60. The van der Waals surface area contributed by atoms with Crippen molar-refractivity contribution in [2.75, 3.05) is 6.54 Å². The third kappa shape index (κ3) is 6.54. The van der Waals surface area contributed by atoms with E-state index in [1.807, 2.05) is 6.92 Å². The zero-order valence-corrected chi connectivity index (χ0v) is 9.08. The van der Waals surface area contributed by atoms with Gasteiger partial charge in [-0.2, -0.15) is 0 Å². The minimum absolute atomic E-state index is 0.327. The SMILES string of the molecule is CCC=C(OC(=O)NCCCC)C(=O)O. The second-order valence-electron chi connectivity index (χ2n) is 2.95. The van der Waals surface area contributed by atoms with Crippen molar-refractivity contribution in [2.45, 2.75) is 33.1 Å². The first-order valence-corrected chi connectivity index (χ1v) is 5.00. The van der Waals surface area contributed by atoms with Crippen LogP contribution in [0.15, 0.2) is 11.8 Å². The number of alkyl carbamates (subject to hydrolysis) is 1. The van der Waals surface area contributed by atoms with Crippen LogP contribution in [-0.2, 0) is 9.53 Å². The van der Waals surface area contributed by atoms with E-state index in [2.05, 4.69) is 10.1 Å². The Labute approximate surface area is 89.1 Å². The molecule has 1 amide bonds. The fourth-order valence-electron chi connectivity index (χ4n) is 0.861. The predicted octanol–water partition coefficient (Wildman–Crippen LogP) is 1.89. The highest BCUT2D eigenvalue weighted by Gasteiger charge is 2.12. The van der Waals surface area contributed by atoms with Gasteiger partial charge in [0, 0.05) is 6.54 Å². The third-order valence-electron chi connectivity index (χ3n) is 1.60. The Hall–Kier alpha value is -1.52. The van der Waals surface area contributed by atoms with Gasteiger partial charge in [0.2, 0.25) is 5.76 Å². The van der Waals surface area contributed by atoms with Gasteiger partial charge in [0.25, 0.3) is 0 Å². The highest BCUT2D eigenvalue weighted by molar-refractivity contribution is 5.87. The molecule has 2 N–H and O–H groups in total. The molecular weight excluding hydrogens is 198 g/mol. The topological polar surface area (TPSA) is 75.6 Å². The lowest BCUT2D eigenvalue weighted by Gasteiger charge is -2.05. The minimum Gasteiger partial charge on any atom is -0.475 e. The molecule has 0 aromatic rings. The molecule has 0 saturated heterocycles. The van der Waals surface area contributed by atoms with Crippen molar-refractivity contribution < 1.29 is 19.4 Å². The maximum atomic E-state index is 11.1. The normalized spacial score (nSPS) is 10.9. The Morgan fingerprint density at radius 2 is 2.07 bits per heavy atom. The highest BCUT2D eigenvalue weighted by Crippen LogP contribution is 2.00. The fourth-order valence-corrected chi connectivity index (χ4v) is 0.861. The standard InChI is InChI=1S/C10H17NO4/c1-3-5-7-11-10(14)15-8(6-4-2)9(12)13/h6H,3-5,7H2,1-2H3,(H,11,14)(H,12,13). The number of carboxylic acids is 1. The number of amides is 1. The van der Waals surface area contributed by atoms with Gasteiger partial charge in [-0.1, -0.05) is 20.3 Å². The van der Waals surface area contributed by atoms with Crippen LogP contribution in [0.3, 0.4) is 0 Å². The maximum Gasteiger partial charge on any atom is 0.412 e. The molecule has 5 heteroatoms. The summed E-state index contributed by atoms with van der Waals surface area (Å²) in [7, 11) is 0. The van der Waals surface area contributed by atoms with E-state index < -0.39 is 12.1 Å². The van der Waals surface area contributed by atoms with Crippen LogP contribution in [0.4, 0.5) is 4.79 Å². The van der Waals surface area contributed by atoms with Gasteiger partial charge < -0.3 is 15.2 Å². The molecule has 0 bridgehead atoms. The molecule has 0 aliphatic rings. The Kier molecular flexibility index (Phi) is 7.05. The molecule has 0 aromatic carbocycles. The van der Waals surface area contributed by atoms with Crippen molar-refractivity contribution in [3.05, 3.63) is 11.8 Å². The molecular formula is C10H17NO4. The molecule has 0 heterocycles. The molecule has 0 aliphatic carbocycles. The van der Waals surface area contributed by atoms with Gasteiger partial charge in [-0.05, 0) is 18.9 Å². The van der Waals surface area contributed by atoms with Gasteiger partial charge in [-0.15, -0.1) is 0 Å². The molecule has 86 valence electrons. The summed E-state index contributed by atoms with van der Waals surface area (Å²) < 4.78 is 4.61. The van der Waals surface area contributed by atoms with Gasteiger partial charge in [0.15, 0.2) is 0 Å². The second kappa shape index (κ2) is 7.84. The lowest BCUT2D eigenvalue weighted by molar-refractivity contribution is -0.135. The van der Waals surface area contributed by atoms with Gasteiger partial charge in [0.1, 0.15) is 0 Å². The van der Waals surface area contributed by atoms with E-state index in [4.69, 9.17) is 5.11 Å². The average Bonchev–Trinajstić information content (AvgIpc) is 2.17. The molecule has 0 radical (unpaired) electrons. The van der Waals surface area contributed by atoms with Crippen LogP contribution in [0.25, 0.3) is 0 Å². The Balaban J connectivity index is 4.01. The largest absolute Gasteiger partial charge is 0.475 e. The van der Waals surface area contributed by atoms with E-state index in [0.717, 1.165) is 12.8 Å². The van der Waals surface area contributed by atoms with Crippen molar-refractivity contribution in [1.29, 1.82) is 0 Å². The number of hydrogen-bond donors (Lipinski definition) is 2. The second-order valence-corrected chi connectivity index (χ2v) is 2.95. The van der Waals surface area contributed by atoms with Crippen molar-refractivity contribution in [1.82, 2.24) is 5.32 Å². The van der Waals surface area contributed by atoms with E-state index in [0.29, 0.717) is 13.0 Å². The fraction of sp³-hybridized carbons (Fsp3) is 0.600. The summed E-state index contributed by atoms with van der Waals surface area (Å²) in [5.74, 6) is -1.56. The Morgan fingerprint density at radius 3 is 2.53 bits per heavy atom. The molecule has 0 spiro atoms. The number of carbonyl (C=O) groups is 2. The summed E-state index contributed by atoms with van der Waals surface area (Å²) >= 11 is 0. The van der Waals surface area contributed by atoms with Gasteiger partial charge in [-0.3, -0.25) is 0 Å². The van der Waals surface area contributed by atoms with Crippen molar-refractivity contribution in [3.63, 3.8) is 0 Å². The van der Waals surface area contributed by atoms with Crippen LogP contribution in [0.2, 0.25) is 0 Å². The molecule has 0 saturated carbocycles. The monoisotopic (exact) mass is 215 g/mol. The number of hydrogen-bond acceptors (Lipinski definition) is 3. The van der Waals surface area contributed by atoms with Crippen LogP contribution in [0, 0.1) is 0 Å². The summed E-state index contributed by atoms with van der Waals surface area (Å²) in [5.41, 5.74) is 0. The number of nitrogens with one attached hydrogen (secondary N) is 1. The lowest BCUT2D eigenvalue weighted by atomic mass is 10.3. The number of ether oxygens (including phenoxy) is 1. The Bertz CT molecular complexity index is 248. The summed E-state index contributed by atoms with van der Waals surface area (Å²) in [5, 5.41) is 11.1. The molecule has 0 unspecified atom stereocenters. The van der Waals surface area contributed by atoms with Crippen molar-refractivity contribution in [3.8, 4) is 0 Å². The number of carboxylic acid groups (broad SMARTS) is 1. The average molecular weight is 215 g/mol. The molecule has 0 atom stereocenters. The highest BCUT2D eigenvalue weighted by atomic mass is 16.6. The van der Waals surface area contributed by atoms with E-state index in [-0.39, 0.29) is 5.76 Å². The van der Waals surface area contributed by atoms with E-state index >= 15 is 0 Å². The minimum atomic E-state index is -1.23. The first kappa shape index (κ1) is 13.5.